The van der Waals surface area contributed by atoms with Gasteiger partial charge in [-0.3, -0.25) is 4.99 Å². The smallest absolute Gasteiger partial charge is 0.360 e. The molecule has 0 aliphatic heterocycles. The van der Waals surface area contributed by atoms with Crippen molar-refractivity contribution in [2.45, 2.75) is 59.6 Å². The summed E-state index contributed by atoms with van der Waals surface area (Å²) in [6.45, 7) is 10.3. The Morgan fingerprint density at radius 1 is 1.46 bits per heavy atom. The van der Waals surface area contributed by atoms with Crippen LogP contribution >= 0.6 is 0 Å². The van der Waals surface area contributed by atoms with Gasteiger partial charge in [-0.2, -0.15) is 0 Å². The quantitative estimate of drug-likeness (QED) is 0.856. The highest BCUT2D eigenvalue weighted by Crippen LogP contribution is 2.61. The van der Waals surface area contributed by atoms with Crippen molar-refractivity contribution in [1.29, 1.82) is 0 Å². The van der Waals surface area contributed by atoms with E-state index < -0.39 is 11.6 Å². The summed E-state index contributed by atoms with van der Waals surface area (Å²) in [6.07, 6.45) is 1.87. The zero-order valence-electron chi connectivity index (χ0n) is 15.0. The molecule has 1 aromatic rings. The first-order valence-corrected chi connectivity index (χ1v) is 8.57. The molecule has 0 aromatic carbocycles. The van der Waals surface area contributed by atoms with Crippen molar-refractivity contribution in [2.24, 2.45) is 22.2 Å². The van der Waals surface area contributed by atoms with Crippen molar-refractivity contribution in [3.05, 3.63) is 17.3 Å². The van der Waals surface area contributed by atoms with Gasteiger partial charge >= 0.3 is 5.97 Å². The molecule has 1 aromatic heterocycles. The molecule has 3 atom stereocenters. The molecule has 1 N–H and O–H groups in total. The highest BCUT2D eigenvalue weighted by molar-refractivity contribution is 5.94. The first-order chi connectivity index (χ1) is 11.2. The van der Waals surface area contributed by atoms with E-state index in [-0.39, 0.29) is 23.6 Å². The van der Waals surface area contributed by atoms with E-state index in [2.05, 4.69) is 23.8 Å². The molecule has 24 heavy (non-hydrogen) atoms. The lowest BCUT2D eigenvalue weighted by atomic mass is 9.44. The molecule has 0 amide bonds. The molecule has 0 spiro atoms. The van der Waals surface area contributed by atoms with Crippen molar-refractivity contribution >= 4 is 11.7 Å². The lowest BCUT2D eigenvalue weighted by Crippen LogP contribution is -2.64. The van der Waals surface area contributed by atoms with Gasteiger partial charge in [0.25, 0.3) is 0 Å². The van der Waals surface area contributed by atoms with Crippen molar-refractivity contribution < 1.29 is 19.1 Å². The van der Waals surface area contributed by atoms with Gasteiger partial charge in [0, 0.05) is 5.71 Å². The normalized spacial score (nSPS) is 32.5. The lowest BCUT2D eigenvalue weighted by Gasteiger charge is -2.62. The van der Waals surface area contributed by atoms with Crippen LogP contribution in [-0.4, -0.2) is 34.0 Å². The summed E-state index contributed by atoms with van der Waals surface area (Å²) in [5, 5.41) is 10.9. The van der Waals surface area contributed by atoms with Crippen LogP contribution in [0.4, 0.5) is 0 Å². The molecule has 6 nitrogen and oxygen atoms in total. The van der Waals surface area contributed by atoms with Gasteiger partial charge in [0.2, 0.25) is 5.89 Å². The number of hydrogen-bond acceptors (Lipinski definition) is 6. The number of nitrogens with zero attached hydrogens (tertiary/aromatic N) is 2. The fourth-order valence-electron chi connectivity index (χ4n) is 4.25. The number of esters is 1. The zero-order valence-corrected chi connectivity index (χ0v) is 15.0. The maximum Gasteiger partial charge on any atom is 0.360 e. The number of hydrogen-bond donors (Lipinski definition) is 1. The Bertz CT molecular complexity index is 687. The molecule has 3 aliphatic rings. The number of oxazole rings is 1. The number of rotatable bonds is 4. The van der Waals surface area contributed by atoms with Crippen LogP contribution < -0.4 is 0 Å². The molecule has 132 valence electrons. The van der Waals surface area contributed by atoms with E-state index in [9.17, 15) is 9.90 Å². The molecule has 0 unspecified atom stereocenters. The summed E-state index contributed by atoms with van der Waals surface area (Å²) in [5.41, 5.74) is 0.297. The van der Waals surface area contributed by atoms with Crippen LogP contribution in [0.3, 0.4) is 0 Å². The van der Waals surface area contributed by atoms with E-state index >= 15 is 0 Å². The van der Waals surface area contributed by atoms with Crippen LogP contribution in [0.15, 0.2) is 9.41 Å². The largest absolute Gasteiger partial charge is 0.461 e. The Morgan fingerprint density at radius 3 is 2.75 bits per heavy atom. The molecule has 0 saturated heterocycles. The van der Waals surface area contributed by atoms with Crippen molar-refractivity contribution in [3.63, 3.8) is 0 Å². The van der Waals surface area contributed by atoms with Crippen molar-refractivity contribution in [1.82, 2.24) is 4.98 Å². The Balaban J connectivity index is 1.75. The van der Waals surface area contributed by atoms with Crippen LogP contribution in [0, 0.1) is 24.2 Å². The van der Waals surface area contributed by atoms with E-state index in [0.29, 0.717) is 24.2 Å². The SMILES string of the molecule is CCOC(=O)c1nc(CN=C2C[C@H]3C[C@H](C3(C)C)[C@@]2(C)O)oc1C. The molecule has 1 heterocycles. The van der Waals surface area contributed by atoms with Gasteiger partial charge in [-0.15, -0.1) is 0 Å². The highest BCUT2D eigenvalue weighted by atomic mass is 16.5. The van der Waals surface area contributed by atoms with Crippen molar-refractivity contribution in [3.8, 4) is 0 Å². The minimum atomic E-state index is -0.885. The van der Waals surface area contributed by atoms with Crippen LogP contribution in [0.1, 0.15) is 62.7 Å². The van der Waals surface area contributed by atoms with E-state index in [0.717, 1.165) is 18.6 Å². The number of carbonyl (C=O) groups is 1. The average Bonchev–Trinajstić information content (AvgIpc) is 2.86. The molecule has 3 aliphatic carbocycles. The van der Waals surface area contributed by atoms with Crippen LogP contribution in [-0.2, 0) is 11.3 Å². The van der Waals surface area contributed by atoms with Crippen molar-refractivity contribution in [2.75, 3.05) is 6.61 Å². The predicted molar refractivity (Wildman–Crippen MR) is 89.0 cm³/mol. The third kappa shape index (κ3) is 2.57. The number of carbonyl (C=O) groups excluding carboxylic acids is 1. The Morgan fingerprint density at radius 2 is 2.17 bits per heavy atom. The number of fused-ring (bicyclic) bond motifs is 2. The average molecular weight is 334 g/mol. The molecular weight excluding hydrogens is 308 g/mol. The predicted octanol–water partition coefficient (Wildman–Crippen LogP) is 2.92. The van der Waals surface area contributed by atoms with Gasteiger partial charge in [-0.1, -0.05) is 13.8 Å². The van der Waals surface area contributed by atoms with Crippen LogP contribution in [0.5, 0.6) is 0 Å². The maximum absolute atomic E-state index is 11.8. The van der Waals surface area contributed by atoms with E-state index in [1.54, 1.807) is 13.8 Å². The highest BCUT2D eigenvalue weighted by Gasteiger charge is 2.61. The summed E-state index contributed by atoms with van der Waals surface area (Å²) in [7, 11) is 0. The molecular formula is C18H26N2O4. The van der Waals surface area contributed by atoms with Gasteiger partial charge in [0.1, 0.15) is 17.9 Å². The Labute approximate surface area is 142 Å². The summed E-state index contributed by atoms with van der Waals surface area (Å²) in [5.74, 6) is 1.14. The van der Waals surface area contributed by atoms with Crippen LogP contribution in [0.2, 0.25) is 0 Å². The molecule has 4 rings (SSSR count). The fraction of sp³-hybridized carbons (Fsp3) is 0.722. The second-order valence-corrected chi connectivity index (χ2v) is 7.65. The molecule has 0 radical (unpaired) electrons. The molecule has 3 fully saturated rings. The summed E-state index contributed by atoms with van der Waals surface area (Å²) in [4.78, 5) is 20.5. The summed E-state index contributed by atoms with van der Waals surface area (Å²) >= 11 is 0. The Kier molecular flexibility index (Phi) is 4.06. The number of ether oxygens (including phenoxy) is 1. The Hall–Kier alpha value is -1.69. The summed E-state index contributed by atoms with van der Waals surface area (Å²) < 4.78 is 10.5. The molecule has 6 heteroatoms. The zero-order chi connectivity index (χ0) is 17.7. The second kappa shape index (κ2) is 5.69. The standard InChI is InChI=1S/C18H26N2O4/c1-6-23-16(21)15-10(2)24-14(20-15)9-19-13-8-11-7-12(17(11,3)4)18(13,5)22/h11-12,22H,6-9H2,1-5H3/t11-,12-,18-/m1/s1. The minimum Gasteiger partial charge on any atom is -0.461 e. The molecule has 3 saturated carbocycles. The van der Waals surface area contributed by atoms with Gasteiger partial charge in [0.15, 0.2) is 5.69 Å². The van der Waals surface area contributed by atoms with E-state index in [1.807, 2.05) is 6.92 Å². The van der Waals surface area contributed by atoms with Gasteiger partial charge in [-0.05, 0) is 50.9 Å². The van der Waals surface area contributed by atoms with E-state index in [4.69, 9.17) is 9.15 Å². The minimum absolute atomic E-state index is 0.166. The third-order valence-corrected chi connectivity index (χ3v) is 5.89. The number of aliphatic imine (C=N–C) groups is 1. The van der Waals surface area contributed by atoms with E-state index in [1.165, 1.54) is 0 Å². The van der Waals surface area contributed by atoms with Gasteiger partial charge in [-0.25, -0.2) is 9.78 Å². The fourth-order valence-corrected chi connectivity index (χ4v) is 4.25. The maximum atomic E-state index is 11.8. The third-order valence-electron chi connectivity index (χ3n) is 5.89. The van der Waals surface area contributed by atoms with Crippen LogP contribution in [0.25, 0.3) is 0 Å². The first-order valence-electron chi connectivity index (χ1n) is 8.57. The van der Waals surface area contributed by atoms with Gasteiger partial charge in [0.05, 0.1) is 6.61 Å². The summed E-state index contributed by atoms with van der Waals surface area (Å²) in [6, 6.07) is 0. The number of aromatic nitrogens is 1. The topological polar surface area (TPSA) is 84.9 Å². The lowest BCUT2D eigenvalue weighted by molar-refractivity contribution is -0.134. The van der Waals surface area contributed by atoms with Gasteiger partial charge < -0.3 is 14.3 Å². The number of aryl methyl sites for hydroxylation is 1. The number of aliphatic hydroxyl groups is 1. The monoisotopic (exact) mass is 334 g/mol. The molecule has 2 bridgehead atoms. The first kappa shape index (κ1) is 17.1. The second-order valence-electron chi connectivity index (χ2n) is 7.65.